The number of nitriles is 1. The number of anilines is 1. The summed E-state index contributed by atoms with van der Waals surface area (Å²) in [6.07, 6.45) is -0.279. The largest absolute Gasteiger partial charge is 0.462 e. The summed E-state index contributed by atoms with van der Waals surface area (Å²) in [6.45, 7) is 6.27. The molecule has 1 saturated heterocycles. The zero-order chi connectivity index (χ0) is 23.0. The first-order valence-electron chi connectivity index (χ1n) is 9.84. The number of rotatable bonds is 6. The number of hydrogen-bond donors (Lipinski definition) is 2. The molecule has 3 unspecified atom stereocenters. The molecule has 1 aliphatic heterocycles. The standard InChI is InChI=1S/C20H26N6O5/c1-11(2)17(27)30-15-7-12(8-29-18(28)19(3,4)23)31-20(15,9-21)14-6-5-13-16(22)24-10-25-26(13)14/h5-6,10-12,15H,7-8,23H2,1-4H3,(H2,22,24,25). The Labute approximate surface area is 179 Å². The molecule has 0 spiro atoms. The summed E-state index contributed by atoms with van der Waals surface area (Å²) < 4.78 is 18.4. The van der Waals surface area contributed by atoms with E-state index in [0.29, 0.717) is 11.2 Å². The summed E-state index contributed by atoms with van der Waals surface area (Å²) in [5, 5.41) is 14.4. The van der Waals surface area contributed by atoms with E-state index in [-0.39, 0.29) is 18.8 Å². The van der Waals surface area contributed by atoms with Crippen LogP contribution in [0.5, 0.6) is 0 Å². The number of ether oxygens (including phenoxy) is 3. The van der Waals surface area contributed by atoms with Gasteiger partial charge in [0, 0.05) is 6.42 Å². The molecule has 0 bridgehead atoms. The Hall–Kier alpha value is -3.23. The molecule has 0 saturated carbocycles. The molecule has 3 rings (SSSR count). The first kappa shape index (κ1) is 22.5. The van der Waals surface area contributed by atoms with Gasteiger partial charge in [-0.15, -0.1) is 0 Å². The predicted octanol–water partition coefficient (Wildman–Crippen LogP) is 0.668. The topological polar surface area (TPSA) is 168 Å². The van der Waals surface area contributed by atoms with Gasteiger partial charge in [-0.05, 0) is 26.0 Å². The number of nitrogen functional groups attached to an aromatic ring is 1. The van der Waals surface area contributed by atoms with Gasteiger partial charge in [0.05, 0.1) is 17.7 Å². The van der Waals surface area contributed by atoms with Crippen LogP contribution >= 0.6 is 0 Å². The minimum Gasteiger partial charge on any atom is -0.462 e. The number of hydrogen-bond acceptors (Lipinski definition) is 10. The average molecular weight is 430 g/mol. The van der Waals surface area contributed by atoms with Crippen LogP contribution in [0, 0.1) is 17.2 Å². The van der Waals surface area contributed by atoms with Gasteiger partial charge >= 0.3 is 11.9 Å². The Morgan fingerprint density at radius 3 is 2.77 bits per heavy atom. The fourth-order valence-corrected chi connectivity index (χ4v) is 3.27. The first-order chi connectivity index (χ1) is 14.5. The maximum atomic E-state index is 12.4. The van der Waals surface area contributed by atoms with Crippen molar-refractivity contribution in [3.63, 3.8) is 0 Å². The number of carbonyl (C=O) groups is 2. The van der Waals surface area contributed by atoms with Crippen LogP contribution in [0.15, 0.2) is 18.5 Å². The van der Waals surface area contributed by atoms with Crippen molar-refractivity contribution in [2.24, 2.45) is 11.7 Å². The van der Waals surface area contributed by atoms with E-state index < -0.39 is 41.2 Å². The number of fused-ring (bicyclic) bond motifs is 1. The Kier molecular flexibility index (Phi) is 5.89. The van der Waals surface area contributed by atoms with E-state index >= 15 is 0 Å². The molecule has 3 atom stereocenters. The zero-order valence-corrected chi connectivity index (χ0v) is 17.9. The van der Waals surface area contributed by atoms with Crippen molar-refractivity contribution in [3.05, 3.63) is 24.2 Å². The van der Waals surface area contributed by atoms with Gasteiger partial charge in [-0.1, -0.05) is 13.8 Å². The lowest BCUT2D eigenvalue weighted by Gasteiger charge is -2.27. The molecule has 31 heavy (non-hydrogen) atoms. The van der Waals surface area contributed by atoms with Gasteiger partial charge in [-0.3, -0.25) is 9.59 Å². The highest BCUT2D eigenvalue weighted by Crippen LogP contribution is 2.42. The number of aromatic nitrogens is 3. The molecular weight excluding hydrogens is 404 g/mol. The van der Waals surface area contributed by atoms with E-state index in [0.717, 1.165) is 0 Å². The van der Waals surface area contributed by atoms with Crippen LogP contribution in [0.3, 0.4) is 0 Å². The summed E-state index contributed by atoms with van der Waals surface area (Å²) in [6, 6.07) is 5.42. The highest BCUT2D eigenvalue weighted by molar-refractivity contribution is 5.79. The van der Waals surface area contributed by atoms with Gasteiger partial charge < -0.3 is 25.7 Å². The van der Waals surface area contributed by atoms with Crippen LogP contribution in [0.25, 0.3) is 5.52 Å². The second-order valence-corrected chi connectivity index (χ2v) is 8.38. The molecule has 0 aliphatic carbocycles. The Bertz CT molecular complexity index is 1040. The van der Waals surface area contributed by atoms with E-state index in [1.54, 1.807) is 26.0 Å². The van der Waals surface area contributed by atoms with E-state index in [4.69, 9.17) is 25.7 Å². The third-order valence-electron chi connectivity index (χ3n) is 4.97. The van der Waals surface area contributed by atoms with Crippen molar-refractivity contribution in [1.29, 1.82) is 5.26 Å². The van der Waals surface area contributed by atoms with E-state index in [1.165, 1.54) is 24.7 Å². The minimum absolute atomic E-state index is 0.137. The molecule has 3 heterocycles. The Morgan fingerprint density at radius 2 is 2.16 bits per heavy atom. The molecule has 11 heteroatoms. The van der Waals surface area contributed by atoms with Crippen LogP contribution in [-0.4, -0.2) is 50.9 Å². The van der Waals surface area contributed by atoms with Gasteiger partial charge in [0.1, 0.15) is 30.1 Å². The number of carbonyl (C=O) groups excluding carboxylic acids is 2. The van der Waals surface area contributed by atoms with Crippen LogP contribution in [0.2, 0.25) is 0 Å². The molecule has 0 aromatic carbocycles. The smallest absolute Gasteiger partial charge is 0.325 e. The van der Waals surface area contributed by atoms with Crippen molar-refractivity contribution in [3.8, 4) is 6.07 Å². The highest BCUT2D eigenvalue weighted by atomic mass is 16.6. The Balaban J connectivity index is 1.97. The lowest BCUT2D eigenvalue weighted by atomic mass is 9.93. The minimum atomic E-state index is -1.69. The van der Waals surface area contributed by atoms with Crippen molar-refractivity contribution in [1.82, 2.24) is 14.6 Å². The SMILES string of the molecule is CC(C)C(=O)OC1CC(COC(=O)C(C)(C)N)OC1(C#N)c1ccc2c(N)ncnn12. The average Bonchev–Trinajstić information content (AvgIpc) is 3.28. The molecule has 11 nitrogen and oxygen atoms in total. The molecule has 1 aliphatic rings. The normalized spacial score (nSPS) is 23.6. The molecule has 2 aromatic rings. The summed E-state index contributed by atoms with van der Waals surface area (Å²) in [5.41, 5.74) is 9.60. The Morgan fingerprint density at radius 1 is 1.45 bits per heavy atom. The fourth-order valence-electron chi connectivity index (χ4n) is 3.27. The summed E-state index contributed by atoms with van der Waals surface area (Å²) in [5.74, 6) is -1.29. The lowest BCUT2D eigenvalue weighted by Crippen LogP contribution is -2.43. The molecule has 166 valence electrons. The fraction of sp³-hybridized carbons (Fsp3) is 0.550. The van der Waals surface area contributed by atoms with Crippen LogP contribution in [0.1, 0.15) is 39.8 Å². The molecule has 0 radical (unpaired) electrons. The highest BCUT2D eigenvalue weighted by Gasteiger charge is 2.55. The van der Waals surface area contributed by atoms with E-state index in [1.807, 2.05) is 0 Å². The van der Waals surface area contributed by atoms with Crippen molar-refractivity contribution >= 4 is 23.3 Å². The van der Waals surface area contributed by atoms with E-state index in [9.17, 15) is 14.9 Å². The van der Waals surface area contributed by atoms with Crippen LogP contribution in [0.4, 0.5) is 5.82 Å². The summed E-state index contributed by atoms with van der Waals surface area (Å²) in [7, 11) is 0. The van der Waals surface area contributed by atoms with Crippen molar-refractivity contribution < 1.29 is 23.8 Å². The second kappa shape index (κ2) is 8.13. The van der Waals surface area contributed by atoms with Gasteiger partial charge in [0.15, 0.2) is 11.9 Å². The van der Waals surface area contributed by atoms with Crippen molar-refractivity contribution in [2.45, 2.75) is 57.5 Å². The van der Waals surface area contributed by atoms with Gasteiger partial charge in [0.2, 0.25) is 5.60 Å². The maximum Gasteiger partial charge on any atom is 0.325 e. The molecule has 4 N–H and O–H groups in total. The third-order valence-corrected chi connectivity index (χ3v) is 4.97. The third kappa shape index (κ3) is 4.17. The van der Waals surface area contributed by atoms with Crippen molar-refractivity contribution in [2.75, 3.05) is 12.3 Å². The zero-order valence-electron chi connectivity index (χ0n) is 17.9. The number of nitrogens with two attached hydrogens (primary N) is 2. The van der Waals surface area contributed by atoms with Crippen LogP contribution in [-0.2, 0) is 29.4 Å². The van der Waals surface area contributed by atoms with Crippen LogP contribution < -0.4 is 11.5 Å². The molecule has 0 amide bonds. The second-order valence-electron chi connectivity index (χ2n) is 8.38. The summed E-state index contributed by atoms with van der Waals surface area (Å²) >= 11 is 0. The predicted molar refractivity (Wildman–Crippen MR) is 108 cm³/mol. The quantitative estimate of drug-likeness (QED) is 0.621. The number of nitrogens with zero attached hydrogens (tertiary/aromatic N) is 4. The van der Waals surface area contributed by atoms with Gasteiger partial charge in [-0.25, -0.2) is 9.50 Å². The molecular formula is C20H26N6O5. The maximum absolute atomic E-state index is 12.4. The van der Waals surface area contributed by atoms with Gasteiger partial charge in [-0.2, -0.15) is 10.4 Å². The molecule has 1 fully saturated rings. The lowest BCUT2D eigenvalue weighted by molar-refractivity contribution is -0.161. The number of esters is 2. The molecule has 2 aromatic heterocycles. The first-order valence-corrected chi connectivity index (χ1v) is 9.84. The van der Waals surface area contributed by atoms with Gasteiger partial charge in [0.25, 0.3) is 0 Å². The van der Waals surface area contributed by atoms with E-state index in [2.05, 4.69) is 16.2 Å². The monoisotopic (exact) mass is 430 g/mol. The summed E-state index contributed by atoms with van der Waals surface area (Å²) in [4.78, 5) is 28.3.